The molecule has 1 heterocycles. The summed E-state index contributed by atoms with van der Waals surface area (Å²) in [4.78, 5) is 0.347. The molecule has 1 aromatic rings. The summed E-state index contributed by atoms with van der Waals surface area (Å²) in [6.45, 7) is 7.15. The summed E-state index contributed by atoms with van der Waals surface area (Å²) < 4.78 is 33.0. The molecule has 1 atom stereocenters. The van der Waals surface area contributed by atoms with Crippen LogP contribution in [0.4, 0.5) is 0 Å². The maximum atomic E-state index is 12.8. The minimum Gasteiger partial charge on any atom is -0.370 e. The van der Waals surface area contributed by atoms with Gasteiger partial charge in [-0.1, -0.05) is 12.1 Å². The van der Waals surface area contributed by atoms with Gasteiger partial charge in [-0.2, -0.15) is 4.31 Å². The maximum Gasteiger partial charge on any atom is 0.243 e. The van der Waals surface area contributed by atoms with Crippen LogP contribution in [-0.4, -0.2) is 44.6 Å². The lowest BCUT2D eigenvalue weighted by Gasteiger charge is -2.40. The van der Waals surface area contributed by atoms with E-state index in [9.17, 15) is 8.42 Å². The molecule has 0 aliphatic carbocycles. The third-order valence-corrected chi connectivity index (χ3v) is 5.26. The molecule has 1 aromatic carbocycles. The summed E-state index contributed by atoms with van der Waals surface area (Å²) in [6.07, 6.45) is -0.107. The van der Waals surface area contributed by atoms with Gasteiger partial charge in [0.15, 0.2) is 0 Å². The van der Waals surface area contributed by atoms with Crippen LogP contribution in [0.2, 0.25) is 0 Å². The van der Waals surface area contributed by atoms with Crippen molar-refractivity contribution in [3.63, 3.8) is 0 Å². The van der Waals surface area contributed by atoms with Crippen LogP contribution in [-0.2, 0) is 21.3 Å². The zero-order valence-electron chi connectivity index (χ0n) is 13.1. The van der Waals surface area contributed by atoms with E-state index in [1.54, 1.807) is 18.2 Å². The monoisotopic (exact) mass is 312 g/mol. The third-order valence-electron chi connectivity index (χ3n) is 3.46. The van der Waals surface area contributed by atoms with Crippen molar-refractivity contribution in [3.8, 4) is 0 Å². The second kappa shape index (κ2) is 6.04. The molecule has 1 aliphatic heterocycles. The highest BCUT2D eigenvalue weighted by atomic mass is 32.2. The van der Waals surface area contributed by atoms with E-state index < -0.39 is 15.6 Å². The number of sulfonamides is 1. The first kappa shape index (κ1) is 16.4. The number of ether oxygens (including phenoxy) is 1. The Hall–Kier alpha value is -0.950. The van der Waals surface area contributed by atoms with E-state index in [1.807, 2.05) is 33.9 Å². The Morgan fingerprint density at radius 2 is 2.14 bits per heavy atom. The zero-order chi connectivity index (χ0) is 15.7. The van der Waals surface area contributed by atoms with Crippen molar-refractivity contribution >= 4 is 10.0 Å². The normalized spacial score (nSPS) is 23.1. The smallest absolute Gasteiger partial charge is 0.243 e. The SMILES string of the molecule is CNCc1cccc(S(=O)(=O)N2CC(C)OC(C)(C)C2)c1. The molecule has 6 heteroatoms. The predicted molar refractivity (Wildman–Crippen MR) is 82.6 cm³/mol. The van der Waals surface area contributed by atoms with Crippen LogP contribution in [0.5, 0.6) is 0 Å². The minimum absolute atomic E-state index is 0.107. The topological polar surface area (TPSA) is 58.6 Å². The number of nitrogens with zero attached hydrogens (tertiary/aromatic N) is 1. The molecule has 1 saturated heterocycles. The Labute approximate surface area is 127 Å². The van der Waals surface area contributed by atoms with Crippen molar-refractivity contribution in [2.45, 2.75) is 43.9 Å². The highest BCUT2D eigenvalue weighted by molar-refractivity contribution is 7.89. The Balaban J connectivity index is 2.31. The number of rotatable bonds is 4. The molecule has 118 valence electrons. The molecule has 0 amide bonds. The van der Waals surface area contributed by atoms with Crippen molar-refractivity contribution in [2.24, 2.45) is 0 Å². The fraction of sp³-hybridized carbons (Fsp3) is 0.600. The molecule has 5 nitrogen and oxygen atoms in total. The van der Waals surface area contributed by atoms with Gasteiger partial charge in [0.05, 0.1) is 16.6 Å². The van der Waals surface area contributed by atoms with Crippen LogP contribution in [0, 0.1) is 0 Å². The van der Waals surface area contributed by atoms with Crippen molar-refractivity contribution in [3.05, 3.63) is 29.8 Å². The lowest BCUT2D eigenvalue weighted by atomic mass is 10.1. The second-order valence-electron chi connectivity index (χ2n) is 6.16. The summed E-state index contributed by atoms with van der Waals surface area (Å²) in [7, 11) is -1.64. The van der Waals surface area contributed by atoms with E-state index in [1.165, 1.54) is 4.31 Å². The summed E-state index contributed by atoms with van der Waals surface area (Å²) in [5, 5.41) is 3.03. The molecule has 1 aliphatic rings. The molecule has 0 aromatic heterocycles. The molecular weight excluding hydrogens is 288 g/mol. The highest BCUT2D eigenvalue weighted by Crippen LogP contribution is 2.26. The Bertz CT molecular complexity index is 599. The van der Waals surface area contributed by atoms with Crippen LogP contribution >= 0.6 is 0 Å². The number of morpholine rings is 1. The number of nitrogens with one attached hydrogen (secondary N) is 1. The summed E-state index contributed by atoms with van der Waals surface area (Å²) >= 11 is 0. The number of hydrogen-bond acceptors (Lipinski definition) is 4. The summed E-state index contributed by atoms with van der Waals surface area (Å²) in [6, 6.07) is 7.09. The largest absolute Gasteiger partial charge is 0.370 e. The molecule has 21 heavy (non-hydrogen) atoms. The van der Waals surface area contributed by atoms with Crippen LogP contribution in [0.1, 0.15) is 26.3 Å². The first-order chi connectivity index (χ1) is 9.74. The van der Waals surface area contributed by atoms with Gasteiger partial charge in [-0.15, -0.1) is 0 Å². The van der Waals surface area contributed by atoms with E-state index in [0.717, 1.165) is 5.56 Å². The molecule has 1 unspecified atom stereocenters. The highest BCUT2D eigenvalue weighted by Gasteiger charge is 2.37. The fourth-order valence-electron chi connectivity index (χ4n) is 2.75. The van der Waals surface area contributed by atoms with Gasteiger partial charge >= 0.3 is 0 Å². The van der Waals surface area contributed by atoms with Gasteiger partial charge in [-0.05, 0) is 45.5 Å². The van der Waals surface area contributed by atoms with E-state index in [2.05, 4.69) is 5.32 Å². The van der Waals surface area contributed by atoms with Crippen LogP contribution in [0.15, 0.2) is 29.2 Å². The summed E-state index contributed by atoms with van der Waals surface area (Å²) in [5.74, 6) is 0. The lowest BCUT2D eigenvalue weighted by Crippen LogP contribution is -2.53. The standard InChI is InChI=1S/C15H24N2O3S/c1-12-10-17(11-15(2,3)20-12)21(18,19)14-7-5-6-13(8-14)9-16-4/h5-8,12,16H,9-11H2,1-4H3. The maximum absolute atomic E-state index is 12.8. The van der Waals surface area contributed by atoms with Gasteiger partial charge in [-0.3, -0.25) is 0 Å². The van der Waals surface area contributed by atoms with Crippen LogP contribution in [0.25, 0.3) is 0 Å². The van der Waals surface area contributed by atoms with E-state index in [4.69, 9.17) is 4.74 Å². The average molecular weight is 312 g/mol. The number of hydrogen-bond donors (Lipinski definition) is 1. The van der Waals surface area contributed by atoms with Crippen LogP contribution in [0.3, 0.4) is 0 Å². The third kappa shape index (κ3) is 3.83. The molecular formula is C15H24N2O3S. The number of benzene rings is 1. The summed E-state index contributed by atoms with van der Waals surface area (Å²) in [5.41, 5.74) is 0.493. The Morgan fingerprint density at radius 1 is 1.43 bits per heavy atom. The van der Waals surface area contributed by atoms with Gasteiger partial charge in [0.1, 0.15) is 0 Å². The van der Waals surface area contributed by atoms with Gasteiger partial charge in [-0.25, -0.2) is 8.42 Å². The molecule has 0 saturated carbocycles. The van der Waals surface area contributed by atoms with Gasteiger partial charge in [0.25, 0.3) is 0 Å². The molecule has 1 fully saturated rings. The first-order valence-corrected chi connectivity index (χ1v) is 8.60. The van der Waals surface area contributed by atoms with Gasteiger partial charge in [0.2, 0.25) is 10.0 Å². The molecule has 1 N–H and O–H groups in total. The Kier molecular flexibility index (Phi) is 4.72. The second-order valence-corrected chi connectivity index (χ2v) is 8.10. The van der Waals surface area contributed by atoms with Crippen molar-refractivity contribution in [2.75, 3.05) is 20.1 Å². The van der Waals surface area contributed by atoms with Crippen molar-refractivity contribution < 1.29 is 13.2 Å². The zero-order valence-corrected chi connectivity index (χ0v) is 13.9. The van der Waals surface area contributed by atoms with Crippen molar-refractivity contribution in [1.29, 1.82) is 0 Å². The molecule has 0 radical (unpaired) electrons. The first-order valence-electron chi connectivity index (χ1n) is 7.16. The van der Waals surface area contributed by atoms with Crippen molar-refractivity contribution in [1.82, 2.24) is 9.62 Å². The van der Waals surface area contributed by atoms with Gasteiger partial charge in [0, 0.05) is 19.6 Å². The van der Waals surface area contributed by atoms with E-state index in [-0.39, 0.29) is 6.10 Å². The van der Waals surface area contributed by atoms with Gasteiger partial charge < -0.3 is 10.1 Å². The molecule has 2 rings (SSSR count). The van der Waals surface area contributed by atoms with E-state index >= 15 is 0 Å². The minimum atomic E-state index is -3.48. The molecule has 0 bridgehead atoms. The fourth-order valence-corrected chi connectivity index (χ4v) is 4.48. The van der Waals surface area contributed by atoms with E-state index in [0.29, 0.717) is 24.5 Å². The Morgan fingerprint density at radius 3 is 2.76 bits per heavy atom. The molecule has 0 spiro atoms. The van der Waals surface area contributed by atoms with Crippen LogP contribution < -0.4 is 5.32 Å². The average Bonchev–Trinajstić information content (AvgIpc) is 2.37. The predicted octanol–water partition coefficient (Wildman–Crippen LogP) is 1.59. The lowest BCUT2D eigenvalue weighted by molar-refractivity contribution is -0.109. The quantitative estimate of drug-likeness (QED) is 0.917.